The van der Waals surface area contributed by atoms with E-state index in [-0.39, 0.29) is 17.3 Å². The van der Waals surface area contributed by atoms with Crippen LogP contribution in [0, 0.1) is 0 Å². The molecule has 0 spiro atoms. The lowest BCUT2D eigenvalue weighted by atomic mass is 9.99. The van der Waals surface area contributed by atoms with Gasteiger partial charge in [-0.1, -0.05) is 42.1 Å². The molecule has 1 aliphatic heterocycles. The van der Waals surface area contributed by atoms with E-state index >= 15 is 0 Å². The number of hydrogen-bond donors (Lipinski definition) is 0. The van der Waals surface area contributed by atoms with Crippen molar-refractivity contribution in [3.05, 3.63) is 65.0 Å². The number of rotatable bonds is 8. The predicted molar refractivity (Wildman–Crippen MR) is 145 cm³/mol. The molecule has 12 nitrogen and oxygen atoms in total. The largest absolute Gasteiger partial charge is 0.463 e. The van der Waals surface area contributed by atoms with E-state index in [0.29, 0.717) is 16.6 Å². The highest BCUT2D eigenvalue weighted by atomic mass is 32.2. The van der Waals surface area contributed by atoms with E-state index < -0.39 is 53.7 Å². The topological polar surface area (TPSA) is 149 Å². The average Bonchev–Trinajstić information content (AvgIpc) is 2.91. The molecular formula is C28H28N2O10S. The number of ether oxygens (including phenoxy) is 5. The molecule has 5 atom stereocenters. The fourth-order valence-electron chi connectivity index (χ4n) is 4.38. The number of carbonyl (C=O) groups is 4. The van der Waals surface area contributed by atoms with Gasteiger partial charge in [0.2, 0.25) is 0 Å². The van der Waals surface area contributed by atoms with Gasteiger partial charge >= 0.3 is 23.9 Å². The molecular weight excluding hydrogens is 556 g/mol. The Kier molecular flexibility index (Phi) is 9.40. The van der Waals surface area contributed by atoms with Crippen molar-refractivity contribution in [1.29, 1.82) is 0 Å². The number of para-hydroxylation sites is 2. The second-order valence-corrected chi connectivity index (χ2v) is 10.1. The van der Waals surface area contributed by atoms with E-state index in [9.17, 15) is 24.0 Å². The summed E-state index contributed by atoms with van der Waals surface area (Å²) in [5.41, 5.74) is -0.574. The minimum absolute atomic E-state index is 0.181. The van der Waals surface area contributed by atoms with Crippen LogP contribution in [0.1, 0.15) is 27.7 Å². The van der Waals surface area contributed by atoms with Crippen LogP contribution in [-0.2, 0) is 42.9 Å². The highest BCUT2D eigenvalue weighted by Gasteiger charge is 2.52. The van der Waals surface area contributed by atoms with E-state index in [2.05, 4.69) is 0 Å². The van der Waals surface area contributed by atoms with Gasteiger partial charge in [-0.25, -0.2) is 4.98 Å². The highest BCUT2D eigenvalue weighted by molar-refractivity contribution is 7.99. The summed E-state index contributed by atoms with van der Waals surface area (Å²) in [6.07, 6.45) is -5.08. The summed E-state index contributed by atoms with van der Waals surface area (Å²) in [5, 5.41) is 0.558. The molecule has 216 valence electrons. The molecule has 2 heterocycles. The fourth-order valence-corrected chi connectivity index (χ4v) is 5.58. The molecule has 1 fully saturated rings. The number of nitrogens with zero attached hydrogens (tertiary/aromatic N) is 2. The average molecular weight is 585 g/mol. The van der Waals surface area contributed by atoms with Crippen LogP contribution in [-0.4, -0.2) is 69.9 Å². The van der Waals surface area contributed by atoms with E-state index in [1.807, 2.05) is 0 Å². The zero-order valence-corrected chi connectivity index (χ0v) is 23.5. The Morgan fingerprint density at radius 3 is 2.02 bits per heavy atom. The molecule has 1 saturated heterocycles. The van der Waals surface area contributed by atoms with Gasteiger partial charge in [-0.05, 0) is 24.3 Å². The molecule has 0 bridgehead atoms. The summed E-state index contributed by atoms with van der Waals surface area (Å²) < 4.78 is 29.2. The lowest BCUT2D eigenvalue weighted by molar-refractivity contribution is -0.237. The number of hydrogen-bond acceptors (Lipinski definition) is 12. The molecule has 0 saturated carbocycles. The van der Waals surface area contributed by atoms with Gasteiger partial charge in [-0.2, -0.15) is 0 Å². The SMILES string of the molecule is CC(=O)OC[C@H]1O[C@@H](Sc2nc3ccccc3c(=O)n2-c2ccccc2)[C@H](OC(C)=O)[C@@H](OC(C)=O)[C@@H]1OC(C)=O. The van der Waals surface area contributed by atoms with Crippen LogP contribution in [0.5, 0.6) is 0 Å². The lowest BCUT2D eigenvalue weighted by Crippen LogP contribution is -2.61. The van der Waals surface area contributed by atoms with Gasteiger partial charge in [0.05, 0.1) is 16.6 Å². The van der Waals surface area contributed by atoms with Crippen LogP contribution < -0.4 is 5.56 Å². The Bertz CT molecular complexity index is 1510. The molecule has 0 aliphatic carbocycles. The van der Waals surface area contributed by atoms with Gasteiger partial charge in [0.15, 0.2) is 28.9 Å². The van der Waals surface area contributed by atoms with E-state index in [1.165, 1.54) is 11.5 Å². The van der Waals surface area contributed by atoms with Gasteiger partial charge in [-0.3, -0.25) is 28.5 Å². The van der Waals surface area contributed by atoms with E-state index in [4.69, 9.17) is 28.7 Å². The Morgan fingerprint density at radius 2 is 1.39 bits per heavy atom. The maximum atomic E-state index is 13.7. The number of aromatic nitrogens is 2. The summed E-state index contributed by atoms with van der Waals surface area (Å²) in [4.78, 5) is 66.4. The zero-order chi connectivity index (χ0) is 29.7. The van der Waals surface area contributed by atoms with Crippen molar-refractivity contribution in [2.75, 3.05) is 6.61 Å². The van der Waals surface area contributed by atoms with Crippen LogP contribution in [0.15, 0.2) is 64.5 Å². The van der Waals surface area contributed by atoms with Crippen molar-refractivity contribution in [1.82, 2.24) is 9.55 Å². The van der Waals surface area contributed by atoms with Crippen molar-refractivity contribution < 1.29 is 42.9 Å². The number of carbonyl (C=O) groups excluding carboxylic acids is 4. The maximum Gasteiger partial charge on any atom is 0.303 e. The Morgan fingerprint density at radius 1 is 0.805 bits per heavy atom. The predicted octanol–water partition coefficient (Wildman–Crippen LogP) is 2.56. The summed E-state index contributed by atoms with van der Waals surface area (Å²) in [5.74, 6) is -2.83. The minimum atomic E-state index is -1.34. The first kappa shape index (κ1) is 29.7. The van der Waals surface area contributed by atoms with Crippen molar-refractivity contribution in [3.63, 3.8) is 0 Å². The maximum absolute atomic E-state index is 13.7. The molecule has 13 heteroatoms. The third-order valence-electron chi connectivity index (χ3n) is 5.93. The zero-order valence-electron chi connectivity index (χ0n) is 22.7. The van der Waals surface area contributed by atoms with E-state index in [1.54, 1.807) is 54.6 Å². The summed E-state index contributed by atoms with van der Waals surface area (Å²) in [7, 11) is 0. The van der Waals surface area contributed by atoms with Gasteiger partial charge in [0.1, 0.15) is 12.7 Å². The highest BCUT2D eigenvalue weighted by Crippen LogP contribution is 2.37. The van der Waals surface area contributed by atoms with Gasteiger partial charge in [0.25, 0.3) is 5.56 Å². The van der Waals surface area contributed by atoms with Crippen LogP contribution >= 0.6 is 11.8 Å². The van der Waals surface area contributed by atoms with Crippen molar-refractivity contribution in [3.8, 4) is 5.69 Å². The molecule has 0 radical (unpaired) electrons. The van der Waals surface area contributed by atoms with Gasteiger partial charge in [-0.15, -0.1) is 0 Å². The Balaban J connectivity index is 1.86. The number of thioether (sulfide) groups is 1. The van der Waals surface area contributed by atoms with Crippen LogP contribution in [0.3, 0.4) is 0 Å². The normalized spacial score (nSPS) is 22.0. The first-order valence-corrected chi connectivity index (χ1v) is 13.5. The second-order valence-electron chi connectivity index (χ2n) is 9.07. The molecule has 41 heavy (non-hydrogen) atoms. The van der Waals surface area contributed by atoms with E-state index in [0.717, 1.165) is 32.5 Å². The molecule has 1 aromatic heterocycles. The first-order valence-electron chi connectivity index (χ1n) is 12.6. The van der Waals surface area contributed by atoms with Crippen LogP contribution in [0.25, 0.3) is 16.6 Å². The molecule has 4 rings (SSSR count). The molecule has 3 aromatic rings. The van der Waals surface area contributed by atoms with Crippen molar-refractivity contribution >= 4 is 46.5 Å². The molecule has 0 unspecified atom stereocenters. The lowest BCUT2D eigenvalue weighted by Gasteiger charge is -2.44. The third kappa shape index (κ3) is 7.11. The van der Waals surface area contributed by atoms with Crippen LogP contribution in [0.4, 0.5) is 0 Å². The number of esters is 4. The quantitative estimate of drug-likeness (QED) is 0.218. The summed E-state index contributed by atoms with van der Waals surface area (Å²) in [6, 6.07) is 15.6. The fraction of sp³-hybridized carbons (Fsp3) is 0.357. The monoisotopic (exact) mass is 584 g/mol. The van der Waals surface area contributed by atoms with Gasteiger partial charge in [0, 0.05) is 27.7 Å². The minimum Gasteiger partial charge on any atom is -0.463 e. The van der Waals surface area contributed by atoms with Crippen LogP contribution in [0.2, 0.25) is 0 Å². The molecule has 1 aliphatic rings. The second kappa shape index (κ2) is 13.0. The Hall–Kier alpha value is -4.23. The van der Waals surface area contributed by atoms with Crippen molar-refractivity contribution in [2.24, 2.45) is 0 Å². The number of benzene rings is 2. The summed E-state index contributed by atoms with van der Waals surface area (Å²) in [6.45, 7) is 4.27. The number of fused-ring (bicyclic) bond motifs is 1. The smallest absolute Gasteiger partial charge is 0.303 e. The van der Waals surface area contributed by atoms with Gasteiger partial charge < -0.3 is 23.7 Å². The van der Waals surface area contributed by atoms with Crippen molar-refractivity contribution in [2.45, 2.75) is 62.7 Å². The Labute approximate surface area is 238 Å². The molecule has 2 aromatic carbocycles. The molecule has 0 amide bonds. The standard InChI is InChI=1S/C28H28N2O10S/c1-15(31)36-14-22-23(37-16(2)32)24(38-17(3)33)25(39-18(4)34)27(40-22)41-28-29-21-13-9-8-12-20(21)26(35)30(28)19-10-6-5-7-11-19/h5-13,22-25,27H,14H2,1-4H3/t22-,23-,24+,25-,27+/m1/s1. The first-order chi connectivity index (χ1) is 19.5. The summed E-state index contributed by atoms with van der Waals surface area (Å²) >= 11 is 0.935. The molecule has 0 N–H and O–H groups in total. The third-order valence-corrected chi connectivity index (χ3v) is 7.03.